The van der Waals surface area contributed by atoms with Gasteiger partial charge in [-0.3, -0.25) is 0 Å². The lowest BCUT2D eigenvalue weighted by molar-refractivity contribution is 0.120. The van der Waals surface area contributed by atoms with E-state index < -0.39 is 0 Å². The second kappa shape index (κ2) is 10.9. The van der Waals surface area contributed by atoms with Crippen LogP contribution >= 0.6 is 11.6 Å². The van der Waals surface area contributed by atoms with Crippen molar-refractivity contribution < 1.29 is 4.79 Å². The number of anilines is 3. The molecule has 0 saturated carbocycles. The number of carbonyl (C=O) groups is 1. The molecule has 2 aromatic carbocycles. The normalized spacial score (nSPS) is 16.4. The second-order valence-corrected chi connectivity index (χ2v) is 8.93. The van der Waals surface area contributed by atoms with Crippen LogP contribution in [0.15, 0.2) is 53.5 Å². The number of nitrogens with one attached hydrogen (secondary N) is 2. The number of aliphatic imine (C=N–C) groups is 1. The lowest BCUT2D eigenvalue weighted by Crippen LogP contribution is -2.60. The maximum atomic E-state index is 12.9. The standard InChI is InChI=1S/C24H30ClN7O/c1-17(2)22-15-31(24(33)29-20-7-5-18(25)6-8-20)13-14-32(22)23(27-16-26)28-19-9-11-21(12-10-19)30(3)4/h5-12,17,22H,13-15H2,1-4H3,(H,27,28)(H,29,33). The minimum Gasteiger partial charge on any atom is -0.378 e. The number of guanidine groups is 1. The van der Waals surface area contributed by atoms with Gasteiger partial charge in [0.15, 0.2) is 0 Å². The molecule has 1 saturated heterocycles. The number of halogens is 1. The minimum absolute atomic E-state index is 0.00429. The highest BCUT2D eigenvalue weighted by molar-refractivity contribution is 6.30. The van der Waals surface area contributed by atoms with E-state index in [4.69, 9.17) is 11.6 Å². The fraction of sp³-hybridized carbons (Fsp3) is 0.375. The highest BCUT2D eigenvalue weighted by atomic mass is 35.5. The number of hydrogen-bond acceptors (Lipinski definition) is 4. The van der Waals surface area contributed by atoms with E-state index in [2.05, 4.69) is 34.4 Å². The quantitative estimate of drug-likeness (QED) is 0.392. The number of nitrogens with zero attached hydrogens (tertiary/aromatic N) is 5. The summed E-state index contributed by atoms with van der Waals surface area (Å²) in [6, 6.07) is 14.8. The number of urea groups is 1. The Morgan fingerprint density at radius 1 is 1.09 bits per heavy atom. The highest BCUT2D eigenvalue weighted by Crippen LogP contribution is 2.22. The fourth-order valence-electron chi connectivity index (χ4n) is 3.75. The molecule has 1 unspecified atom stereocenters. The van der Waals surface area contributed by atoms with Gasteiger partial charge in [-0.25, -0.2) is 4.79 Å². The largest absolute Gasteiger partial charge is 0.378 e. The lowest BCUT2D eigenvalue weighted by atomic mass is 10.00. The summed E-state index contributed by atoms with van der Waals surface area (Å²) in [4.78, 5) is 22.8. The Bertz CT molecular complexity index is 1010. The predicted octanol–water partition coefficient (Wildman–Crippen LogP) is 4.53. The van der Waals surface area contributed by atoms with E-state index in [0.717, 1.165) is 11.4 Å². The number of amides is 2. The van der Waals surface area contributed by atoms with Gasteiger partial charge in [-0.15, -0.1) is 4.99 Å². The summed E-state index contributed by atoms with van der Waals surface area (Å²) >= 11 is 5.93. The monoisotopic (exact) mass is 467 g/mol. The Morgan fingerprint density at radius 2 is 1.70 bits per heavy atom. The van der Waals surface area contributed by atoms with Gasteiger partial charge in [0.1, 0.15) is 0 Å². The van der Waals surface area contributed by atoms with Crippen LogP contribution in [0, 0.1) is 17.4 Å². The maximum absolute atomic E-state index is 12.9. The third-order valence-corrected chi connectivity index (χ3v) is 5.89. The highest BCUT2D eigenvalue weighted by Gasteiger charge is 2.33. The van der Waals surface area contributed by atoms with Crippen LogP contribution in [0.1, 0.15) is 13.8 Å². The van der Waals surface area contributed by atoms with Crippen molar-refractivity contribution in [1.82, 2.24) is 9.80 Å². The molecule has 9 heteroatoms. The van der Waals surface area contributed by atoms with Crippen LogP contribution in [0.25, 0.3) is 0 Å². The average molecular weight is 468 g/mol. The van der Waals surface area contributed by atoms with E-state index in [0.29, 0.717) is 36.3 Å². The summed E-state index contributed by atoms with van der Waals surface area (Å²) in [5.41, 5.74) is 2.63. The van der Waals surface area contributed by atoms with Gasteiger partial charge in [-0.05, 0) is 54.4 Å². The van der Waals surface area contributed by atoms with Gasteiger partial charge in [0, 0.05) is 55.8 Å². The molecular formula is C24H30ClN7O. The molecule has 174 valence electrons. The Kier molecular flexibility index (Phi) is 8.01. The molecule has 0 aromatic heterocycles. The molecule has 2 N–H and O–H groups in total. The maximum Gasteiger partial charge on any atom is 0.321 e. The van der Waals surface area contributed by atoms with Crippen molar-refractivity contribution in [3.63, 3.8) is 0 Å². The van der Waals surface area contributed by atoms with Crippen molar-refractivity contribution >= 4 is 40.7 Å². The van der Waals surface area contributed by atoms with Crippen LogP contribution in [0.5, 0.6) is 0 Å². The summed E-state index contributed by atoms with van der Waals surface area (Å²) in [5, 5.41) is 16.2. The summed E-state index contributed by atoms with van der Waals surface area (Å²) in [6.45, 7) is 5.79. The molecule has 33 heavy (non-hydrogen) atoms. The first kappa shape index (κ1) is 24.2. The number of carbonyl (C=O) groups excluding carboxylic acids is 1. The molecule has 2 aromatic rings. The zero-order valence-corrected chi connectivity index (χ0v) is 20.2. The minimum atomic E-state index is -0.159. The number of nitriles is 1. The number of benzene rings is 2. The Balaban J connectivity index is 1.72. The van der Waals surface area contributed by atoms with E-state index in [-0.39, 0.29) is 18.0 Å². The molecule has 1 aliphatic heterocycles. The third kappa shape index (κ3) is 6.30. The fourth-order valence-corrected chi connectivity index (χ4v) is 3.87. The van der Waals surface area contributed by atoms with Gasteiger partial charge < -0.3 is 25.3 Å². The molecule has 1 atom stereocenters. The summed E-state index contributed by atoms with van der Waals surface area (Å²) in [7, 11) is 3.97. The second-order valence-electron chi connectivity index (χ2n) is 8.49. The van der Waals surface area contributed by atoms with Gasteiger partial charge in [-0.2, -0.15) is 5.26 Å². The number of hydrogen-bond donors (Lipinski definition) is 2. The average Bonchev–Trinajstić information content (AvgIpc) is 2.80. The molecule has 1 aliphatic rings. The molecule has 2 amide bonds. The summed E-state index contributed by atoms with van der Waals surface area (Å²) in [5.74, 6) is 0.726. The van der Waals surface area contributed by atoms with Crippen molar-refractivity contribution in [3.05, 3.63) is 53.6 Å². The molecule has 1 heterocycles. The lowest BCUT2D eigenvalue weighted by Gasteiger charge is -2.44. The van der Waals surface area contributed by atoms with Gasteiger partial charge in [-0.1, -0.05) is 25.4 Å². The molecule has 0 bridgehead atoms. The van der Waals surface area contributed by atoms with Gasteiger partial charge >= 0.3 is 6.03 Å². The first-order valence-electron chi connectivity index (χ1n) is 10.9. The Hall–Kier alpha value is -3.44. The van der Waals surface area contributed by atoms with Gasteiger partial charge in [0.05, 0.1) is 6.04 Å². The van der Waals surface area contributed by atoms with Crippen LogP contribution in [0.2, 0.25) is 5.02 Å². The van der Waals surface area contributed by atoms with Gasteiger partial charge in [0.2, 0.25) is 12.2 Å². The van der Waals surface area contributed by atoms with E-state index >= 15 is 0 Å². The molecule has 0 spiro atoms. The van der Waals surface area contributed by atoms with Crippen molar-refractivity contribution in [1.29, 1.82) is 5.26 Å². The Morgan fingerprint density at radius 3 is 2.27 bits per heavy atom. The van der Waals surface area contributed by atoms with Crippen molar-refractivity contribution in [2.24, 2.45) is 10.9 Å². The van der Waals surface area contributed by atoms with Crippen molar-refractivity contribution in [2.45, 2.75) is 19.9 Å². The van der Waals surface area contributed by atoms with Crippen molar-refractivity contribution in [2.75, 3.05) is 49.3 Å². The molecule has 1 fully saturated rings. The van der Waals surface area contributed by atoms with E-state index in [1.165, 1.54) is 0 Å². The number of rotatable bonds is 4. The van der Waals surface area contributed by atoms with Crippen LogP contribution in [-0.4, -0.2) is 61.6 Å². The van der Waals surface area contributed by atoms with Crippen LogP contribution in [-0.2, 0) is 0 Å². The zero-order valence-electron chi connectivity index (χ0n) is 19.4. The molecular weight excluding hydrogens is 438 g/mol. The van der Waals surface area contributed by atoms with E-state index in [9.17, 15) is 10.1 Å². The summed E-state index contributed by atoms with van der Waals surface area (Å²) in [6.07, 6.45) is 1.92. The first-order chi connectivity index (χ1) is 15.8. The summed E-state index contributed by atoms with van der Waals surface area (Å²) < 4.78 is 0. The van der Waals surface area contributed by atoms with Gasteiger partial charge in [0.25, 0.3) is 0 Å². The molecule has 0 aliphatic carbocycles. The molecule has 0 radical (unpaired) electrons. The van der Waals surface area contributed by atoms with Crippen LogP contribution < -0.4 is 15.5 Å². The zero-order chi connectivity index (χ0) is 24.0. The smallest absolute Gasteiger partial charge is 0.321 e. The molecule has 8 nitrogen and oxygen atoms in total. The first-order valence-corrected chi connectivity index (χ1v) is 11.3. The van der Waals surface area contributed by atoms with Crippen molar-refractivity contribution in [3.8, 4) is 6.19 Å². The van der Waals surface area contributed by atoms with Crippen LogP contribution in [0.4, 0.5) is 21.9 Å². The topological polar surface area (TPSA) is 87.0 Å². The third-order valence-electron chi connectivity index (χ3n) is 5.64. The SMILES string of the molecule is CC(C)C1CN(C(=O)Nc2ccc(Cl)cc2)CCN1/C(=N/C#N)Nc1ccc(N(C)C)cc1. The van der Waals surface area contributed by atoms with E-state index in [1.807, 2.05) is 49.5 Å². The number of piperazine rings is 1. The Labute approximate surface area is 200 Å². The van der Waals surface area contributed by atoms with E-state index in [1.54, 1.807) is 29.2 Å². The predicted molar refractivity (Wildman–Crippen MR) is 135 cm³/mol. The van der Waals surface area contributed by atoms with Crippen LogP contribution in [0.3, 0.4) is 0 Å². The molecule has 3 rings (SSSR count).